The largest absolute Gasteiger partial charge is 0.322 e. The van der Waals surface area contributed by atoms with Gasteiger partial charge < -0.3 is 10.6 Å². The maximum absolute atomic E-state index is 15.5. The average Bonchev–Trinajstić information content (AvgIpc) is 3.34. The summed E-state index contributed by atoms with van der Waals surface area (Å²) in [6.45, 7) is 7.55. The summed E-state index contributed by atoms with van der Waals surface area (Å²) in [6, 6.07) is 5.34. The highest BCUT2D eigenvalue weighted by molar-refractivity contribution is 7.88. The molecule has 1 aliphatic carbocycles. The lowest BCUT2D eigenvalue weighted by Gasteiger charge is -2.39. The minimum absolute atomic E-state index is 0.230. The van der Waals surface area contributed by atoms with E-state index in [-0.39, 0.29) is 11.8 Å². The second-order valence-corrected chi connectivity index (χ2v) is 14.5. The molecule has 0 bridgehead atoms. The number of piperidine rings is 1. The standard InChI is InChI=1S/C30H41ClFN7O2S/c1-18-8-9-21(6-5-7-23(18)22-10-12-39(13-11-22)42(4,40)41)24-16-26(32)27(14-19(24)2)34-30-33-17-25(31)29(36-30)35-28-15-20(3)37-38-28/h14-18,21-23H,5-13H2,1-4H3,(H3,33,34,35,36,37,38). The number of nitrogens with zero attached hydrogens (tertiary/aromatic N) is 4. The molecule has 1 aliphatic heterocycles. The van der Waals surface area contributed by atoms with Crippen molar-refractivity contribution in [2.24, 2.45) is 17.8 Å². The zero-order valence-electron chi connectivity index (χ0n) is 24.8. The molecule has 3 N–H and O–H groups in total. The van der Waals surface area contributed by atoms with E-state index in [4.69, 9.17) is 11.6 Å². The third-order valence-corrected chi connectivity index (χ3v) is 10.7. The van der Waals surface area contributed by atoms with Gasteiger partial charge in [0.1, 0.15) is 10.8 Å². The van der Waals surface area contributed by atoms with Crippen LogP contribution in [0.3, 0.4) is 0 Å². The van der Waals surface area contributed by atoms with Crippen LogP contribution in [0.2, 0.25) is 5.02 Å². The Morgan fingerprint density at radius 3 is 2.50 bits per heavy atom. The van der Waals surface area contributed by atoms with Crippen molar-refractivity contribution in [1.29, 1.82) is 0 Å². The molecule has 42 heavy (non-hydrogen) atoms. The quantitative estimate of drug-likeness (QED) is 0.260. The Labute approximate surface area is 253 Å². The van der Waals surface area contributed by atoms with Gasteiger partial charge in [0, 0.05) is 24.8 Å². The van der Waals surface area contributed by atoms with Crippen molar-refractivity contribution in [3.05, 3.63) is 52.1 Å². The van der Waals surface area contributed by atoms with Crippen LogP contribution in [0.15, 0.2) is 24.4 Å². The van der Waals surface area contributed by atoms with Crippen LogP contribution in [0.5, 0.6) is 0 Å². The minimum Gasteiger partial charge on any atom is -0.322 e. The van der Waals surface area contributed by atoms with Gasteiger partial charge in [-0.2, -0.15) is 10.1 Å². The fraction of sp³-hybridized carbons (Fsp3) is 0.567. The van der Waals surface area contributed by atoms with Crippen molar-refractivity contribution in [1.82, 2.24) is 24.5 Å². The number of halogens is 2. The minimum atomic E-state index is -3.11. The summed E-state index contributed by atoms with van der Waals surface area (Å²) >= 11 is 6.28. The zero-order valence-corrected chi connectivity index (χ0v) is 26.3. The predicted octanol–water partition coefficient (Wildman–Crippen LogP) is 7.07. The first-order valence-corrected chi connectivity index (χ1v) is 17.0. The summed E-state index contributed by atoms with van der Waals surface area (Å²) in [4.78, 5) is 8.66. The topological polar surface area (TPSA) is 116 Å². The number of benzene rings is 1. The molecule has 9 nitrogen and oxygen atoms in total. The second-order valence-electron chi connectivity index (χ2n) is 12.1. The van der Waals surface area contributed by atoms with E-state index in [1.54, 1.807) is 10.4 Å². The van der Waals surface area contributed by atoms with E-state index in [0.717, 1.165) is 61.8 Å². The van der Waals surface area contributed by atoms with Gasteiger partial charge in [0.15, 0.2) is 11.6 Å². The van der Waals surface area contributed by atoms with Gasteiger partial charge in [-0.25, -0.2) is 22.1 Å². The molecule has 3 atom stereocenters. The van der Waals surface area contributed by atoms with E-state index in [0.29, 0.717) is 59.1 Å². The van der Waals surface area contributed by atoms with E-state index in [9.17, 15) is 8.42 Å². The van der Waals surface area contributed by atoms with Crippen LogP contribution in [-0.4, -0.2) is 52.2 Å². The van der Waals surface area contributed by atoms with Gasteiger partial charge in [0.05, 0.1) is 18.1 Å². The summed E-state index contributed by atoms with van der Waals surface area (Å²) < 4.78 is 41.0. The molecule has 5 rings (SSSR count). The Morgan fingerprint density at radius 2 is 1.81 bits per heavy atom. The molecule has 12 heteroatoms. The number of rotatable bonds is 7. The van der Waals surface area contributed by atoms with Gasteiger partial charge in [-0.05, 0) is 99.3 Å². The molecule has 0 radical (unpaired) electrons. The first-order valence-electron chi connectivity index (χ1n) is 14.8. The molecule has 2 aromatic heterocycles. The number of hydrogen-bond acceptors (Lipinski definition) is 7. The highest BCUT2D eigenvalue weighted by Gasteiger charge is 2.34. The van der Waals surface area contributed by atoms with Crippen LogP contribution in [-0.2, 0) is 10.0 Å². The average molecular weight is 618 g/mol. The Bertz CT molecular complexity index is 1510. The number of aromatic amines is 1. The molecule has 1 aromatic carbocycles. The number of anilines is 4. The van der Waals surface area contributed by atoms with Gasteiger partial charge in [-0.1, -0.05) is 24.9 Å². The molecule has 0 amide bonds. The lowest BCUT2D eigenvalue weighted by atomic mass is 9.70. The molecule has 3 unspecified atom stereocenters. The van der Waals surface area contributed by atoms with E-state index < -0.39 is 10.0 Å². The lowest BCUT2D eigenvalue weighted by Crippen LogP contribution is -2.40. The lowest BCUT2D eigenvalue weighted by molar-refractivity contribution is 0.135. The highest BCUT2D eigenvalue weighted by atomic mass is 35.5. The van der Waals surface area contributed by atoms with Gasteiger partial charge >= 0.3 is 0 Å². The Morgan fingerprint density at radius 1 is 1.05 bits per heavy atom. The van der Waals surface area contributed by atoms with E-state index in [1.807, 2.05) is 26.0 Å². The maximum atomic E-state index is 15.5. The van der Waals surface area contributed by atoms with E-state index in [2.05, 4.69) is 37.7 Å². The van der Waals surface area contributed by atoms with Crippen molar-refractivity contribution in [3.8, 4) is 0 Å². The number of aryl methyl sites for hydroxylation is 2. The zero-order chi connectivity index (χ0) is 30.0. The molecular formula is C30H41ClFN7O2S. The second kappa shape index (κ2) is 12.9. The normalized spacial score (nSPS) is 22.9. The summed E-state index contributed by atoms with van der Waals surface area (Å²) in [5.41, 5.74) is 3.32. The summed E-state index contributed by atoms with van der Waals surface area (Å²) in [7, 11) is -3.11. The maximum Gasteiger partial charge on any atom is 0.229 e. The molecule has 1 saturated carbocycles. The molecule has 2 fully saturated rings. The Balaban J connectivity index is 1.23. The van der Waals surface area contributed by atoms with Crippen molar-refractivity contribution in [2.45, 2.75) is 71.6 Å². The first-order chi connectivity index (χ1) is 20.0. The molecule has 228 valence electrons. The SMILES string of the molecule is Cc1cc(Nc2nc(Nc3cc(C)c(C4CCCC(C5CCN(S(C)(=O)=O)CC5)C(C)CC4)cc3F)ncc2Cl)n[nH]1. The predicted molar refractivity (Wildman–Crippen MR) is 166 cm³/mol. The van der Waals surface area contributed by atoms with Crippen molar-refractivity contribution >= 4 is 44.9 Å². The number of nitrogens with one attached hydrogen (secondary N) is 3. The molecule has 3 heterocycles. The molecule has 1 saturated heterocycles. The van der Waals surface area contributed by atoms with Crippen molar-refractivity contribution in [2.75, 3.05) is 30.0 Å². The number of hydrogen-bond donors (Lipinski definition) is 3. The molecule has 2 aliphatic rings. The smallest absolute Gasteiger partial charge is 0.229 e. The van der Waals surface area contributed by atoms with Crippen LogP contribution < -0.4 is 10.6 Å². The summed E-state index contributed by atoms with van der Waals surface area (Å²) in [5.74, 6) is 2.90. The van der Waals surface area contributed by atoms with E-state index in [1.165, 1.54) is 12.5 Å². The highest BCUT2D eigenvalue weighted by Crippen LogP contribution is 2.42. The van der Waals surface area contributed by atoms with Crippen LogP contribution >= 0.6 is 11.6 Å². The van der Waals surface area contributed by atoms with Gasteiger partial charge in [0.25, 0.3) is 0 Å². The summed E-state index contributed by atoms with van der Waals surface area (Å²) in [6.07, 6.45) is 10.0. The van der Waals surface area contributed by atoms with Crippen LogP contribution in [0, 0.1) is 37.4 Å². The van der Waals surface area contributed by atoms with Crippen LogP contribution in [0.25, 0.3) is 0 Å². The monoisotopic (exact) mass is 617 g/mol. The number of sulfonamides is 1. The third kappa shape index (κ3) is 7.23. The Kier molecular flexibility index (Phi) is 9.39. The van der Waals surface area contributed by atoms with Crippen molar-refractivity contribution in [3.63, 3.8) is 0 Å². The fourth-order valence-electron chi connectivity index (χ4n) is 6.83. The fourth-order valence-corrected chi connectivity index (χ4v) is 7.84. The molecule has 3 aromatic rings. The summed E-state index contributed by atoms with van der Waals surface area (Å²) in [5, 5.41) is 13.4. The van der Waals surface area contributed by atoms with Crippen molar-refractivity contribution < 1.29 is 12.8 Å². The number of aromatic nitrogens is 4. The molecule has 0 spiro atoms. The number of H-pyrrole nitrogens is 1. The van der Waals surface area contributed by atoms with Gasteiger partial charge in [-0.3, -0.25) is 5.10 Å². The van der Waals surface area contributed by atoms with Gasteiger partial charge in [0.2, 0.25) is 16.0 Å². The first kappa shape index (κ1) is 30.7. The van der Waals surface area contributed by atoms with Crippen LogP contribution in [0.1, 0.15) is 74.6 Å². The third-order valence-electron chi connectivity index (χ3n) is 9.10. The van der Waals surface area contributed by atoms with E-state index >= 15 is 4.39 Å². The Hall–Kier alpha value is -2.76. The van der Waals surface area contributed by atoms with Crippen LogP contribution in [0.4, 0.5) is 27.7 Å². The molecular weight excluding hydrogens is 577 g/mol. The van der Waals surface area contributed by atoms with Gasteiger partial charge in [-0.15, -0.1) is 0 Å².